The fourth-order valence-electron chi connectivity index (χ4n) is 0.874. The first-order valence-electron chi connectivity index (χ1n) is 3.70. The van der Waals surface area contributed by atoms with Crippen molar-refractivity contribution in [1.29, 1.82) is 0 Å². The molecule has 1 N–H and O–H groups in total. The summed E-state index contributed by atoms with van der Waals surface area (Å²) < 4.78 is 0. The Kier molecular flexibility index (Phi) is 2.64. The third-order valence-electron chi connectivity index (χ3n) is 1.47. The van der Waals surface area contributed by atoms with E-state index in [1.807, 2.05) is 19.1 Å². The lowest BCUT2D eigenvalue weighted by Crippen LogP contribution is -1.91. The minimum atomic E-state index is -0.356. The smallest absolute Gasteiger partial charge is 0.220 e. The molecule has 0 spiro atoms. The monoisotopic (exact) mass is 162 g/mol. The van der Waals surface area contributed by atoms with Gasteiger partial charge in [-0.1, -0.05) is 24.3 Å². The van der Waals surface area contributed by atoms with Crippen molar-refractivity contribution in [3.63, 3.8) is 0 Å². The minimum Gasteiger partial charge on any atom is -0.504 e. The second-order valence-corrected chi connectivity index (χ2v) is 2.42. The molecule has 0 saturated carbocycles. The van der Waals surface area contributed by atoms with Crippen molar-refractivity contribution in [3.8, 4) is 5.75 Å². The molecule has 2 heteroatoms. The molecule has 0 aliphatic rings. The van der Waals surface area contributed by atoms with Gasteiger partial charge in [-0.25, -0.2) is 0 Å². The van der Waals surface area contributed by atoms with E-state index in [1.54, 1.807) is 12.1 Å². The summed E-state index contributed by atoms with van der Waals surface area (Å²) in [6, 6.07) is 6.11. The topological polar surface area (TPSA) is 37.3 Å². The lowest BCUT2D eigenvalue weighted by molar-refractivity contribution is 0.471. The lowest BCUT2D eigenvalue weighted by Gasteiger charge is -1.81. The first kappa shape index (κ1) is 8.53. The molecule has 62 valence electrons. The Hall–Kier alpha value is -1.57. The average molecular weight is 162 g/mol. The number of allylic oxidation sites excluding steroid dienone is 1. The van der Waals surface area contributed by atoms with Crippen LogP contribution in [0, 0.1) is 0 Å². The molecule has 2 nitrogen and oxygen atoms in total. The molecule has 0 atom stereocenters. The Labute approximate surface area is 70.8 Å². The molecule has 0 heterocycles. The van der Waals surface area contributed by atoms with E-state index >= 15 is 0 Å². The summed E-state index contributed by atoms with van der Waals surface area (Å²) in [5.74, 6) is -0.217. The van der Waals surface area contributed by atoms with E-state index in [9.17, 15) is 4.79 Å². The van der Waals surface area contributed by atoms with E-state index in [2.05, 4.69) is 0 Å². The van der Waals surface area contributed by atoms with Crippen LogP contribution in [0.15, 0.2) is 35.1 Å². The van der Waals surface area contributed by atoms with Crippen LogP contribution in [0.2, 0.25) is 0 Å². The summed E-state index contributed by atoms with van der Waals surface area (Å²) in [6.07, 6.45) is 3.73. The number of aromatic hydroxyl groups is 1. The van der Waals surface area contributed by atoms with E-state index < -0.39 is 0 Å². The predicted molar refractivity (Wildman–Crippen MR) is 49.1 cm³/mol. The molecule has 0 saturated heterocycles. The molecule has 0 unspecified atom stereocenters. The average Bonchev–Trinajstić information content (AvgIpc) is 2.20. The van der Waals surface area contributed by atoms with Crippen LogP contribution in [0.5, 0.6) is 5.75 Å². The normalized spacial score (nSPS) is 10.4. The third kappa shape index (κ3) is 1.95. The standard InChI is InChI=1S/C10H10O2/c1-2-3-8-4-6-9(11)10(12)7-5-8/h2-7H,1H3,(H,11,12)/b3-2+. The quantitative estimate of drug-likeness (QED) is 0.683. The highest BCUT2D eigenvalue weighted by molar-refractivity contribution is 5.48. The summed E-state index contributed by atoms with van der Waals surface area (Å²) in [7, 11) is 0. The number of rotatable bonds is 1. The van der Waals surface area contributed by atoms with Crippen molar-refractivity contribution in [2.75, 3.05) is 0 Å². The molecule has 0 amide bonds. The predicted octanol–water partition coefficient (Wildman–Crippen LogP) is 1.79. The van der Waals surface area contributed by atoms with Gasteiger partial charge in [0.2, 0.25) is 5.43 Å². The zero-order chi connectivity index (χ0) is 8.97. The Morgan fingerprint density at radius 2 is 1.92 bits per heavy atom. The maximum Gasteiger partial charge on any atom is 0.220 e. The van der Waals surface area contributed by atoms with Gasteiger partial charge in [-0.3, -0.25) is 4.79 Å². The van der Waals surface area contributed by atoms with E-state index in [-0.39, 0.29) is 11.2 Å². The molecule has 1 aromatic rings. The molecule has 12 heavy (non-hydrogen) atoms. The van der Waals surface area contributed by atoms with Gasteiger partial charge >= 0.3 is 0 Å². The first-order valence-corrected chi connectivity index (χ1v) is 3.70. The molecular formula is C10H10O2. The summed E-state index contributed by atoms with van der Waals surface area (Å²) in [4.78, 5) is 10.9. The first-order chi connectivity index (χ1) is 5.74. The van der Waals surface area contributed by atoms with Crippen molar-refractivity contribution in [1.82, 2.24) is 0 Å². The Morgan fingerprint density at radius 3 is 2.58 bits per heavy atom. The van der Waals surface area contributed by atoms with Gasteiger partial charge < -0.3 is 5.11 Å². The van der Waals surface area contributed by atoms with Crippen molar-refractivity contribution in [2.45, 2.75) is 6.92 Å². The van der Waals surface area contributed by atoms with E-state index in [0.717, 1.165) is 5.56 Å². The summed E-state index contributed by atoms with van der Waals surface area (Å²) >= 11 is 0. The highest BCUT2D eigenvalue weighted by atomic mass is 16.3. The molecule has 0 bridgehead atoms. The van der Waals surface area contributed by atoms with Gasteiger partial charge in [-0.05, 0) is 24.6 Å². The third-order valence-corrected chi connectivity index (χ3v) is 1.47. The maximum absolute atomic E-state index is 10.9. The maximum atomic E-state index is 10.9. The van der Waals surface area contributed by atoms with Gasteiger partial charge in [0.15, 0.2) is 5.75 Å². The van der Waals surface area contributed by atoms with Crippen molar-refractivity contribution in [2.24, 2.45) is 0 Å². The van der Waals surface area contributed by atoms with E-state index in [4.69, 9.17) is 5.11 Å². The van der Waals surface area contributed by atoms with E-state index in [1.165, 1.54) is 12.1 Å². The van der Waals surface area contributed by atoms with Crippen LogP contribution in [-0.2, 0) is 0 Å². The van der Waals surface area contributed by atoms with Crippen LogP contribution < -0.4 is 5.43 Å². The molecule has 1 aromatic carbocycles. The SMILES string of the molecule is C/C=C/c1ccc(O)c(=O)cc1. The zero-order valence-corrected chi connectivity index (χ0v) is 6.82. The van der Waals surface area contributed by atoms with Crippen LogP contribution >= 0.6 is 0 Å². The molecular weight excluding hydrogens is 152 g/mol. The molecule has 0 fully saturated rings. The van der Waals surface area contributed by atoms with Crippen LogP contribution in [0.1, 0.15) is 12.5 Å². The lowest BCUT2D eigenvalue weighted by atomic mass is 10.3. The van der Waals surface area contributed by atoms with Crippen molar-refractivity contribution >= 4 is 6.08 Å². The highest BCUT2D eigenvalue weighted by Gasteiger charge is 1.90. The second-order valence-electron chi connectivity index (χ2n) is 2.42. The largest absolute Gasteiger partial charge is 0.504 e. The van der Waals surface area contributed by atoms with E-state index in [0.29, 0.717) is 0 Å². The van der Waals surface area contributed by atoms with Crippen LogP contribution in [0.25, 0.3) is 6.08 Å². The van der Waals surface area contributed by atoms with Crippen molar-refractivity contribution < 1.29 is 5.11 Å². The van der Waals surface area contributed by atoms with Gasteiger partial charge in [0.25, 0.3) is 0 Å². The Morgan fingerprint density at radius 1 is 1.25 bits per heavy atom. The molecule has 0 aliphatic heterocycles. The van der Waals surface area contributed by atoms with Crippen molar-refractivity contribution in [3.05, 3.63) is 46.1 Å². The van der Waals surface area contributed by atoms with Gasteiger partial charge in [-0.2, -0.15) is 0 Å². The minimum absolute atomic E-state index is 0.217. The molecule has 0 radical (unpaired) electrons. The Bertz CT molecular complexity index is 353. The van der Waals surface area contributed by atoms with Crippen LogP contribution in [-0.4, -0.2) is 5.11 Å². The molecule has 0 aliphatic carbocycles. The van der Waals surface area contributed by atoms with Gasteiger partial charge in [0, 0.05) is 0 Å². The second kappa shape index (κ2) is 3.72. The van der Waals surface area contributed by atoms with Crippen LogP contribution in [0.3, 0.4) is 0 Å². The van der Waals surface area contributed by atoms with Gasteiger partial charge in [0.05, 0.1) is 0 Å². The number of hydrogen-bond donors (Lipinski definition) is 1. The fraction of sp³-hybridized carbons (Fsp3) is 0.100. The molecule has 1 rings (SSSR count). The zero-order valence-electron chi connectivity index (χ0n) is 6.82. The number of hydrogen-bond acceptors (Lipinski definition) is 2. The summed E-state index contributed by atoms with van der Waals surface area (Å²) in [5.41, 5.74) is 0.542. The van der Waals surface area contributed by atoms with Gasteiger partial charge in [0.1, 0.15) is 0 Å². The Balaban J connectivity index is 3.26. The van der Waals surface area contributed by atoms with Gasteiger partial charge in [-0.15, -0.1) is 0 Å². The van der Waals surface area contributed by atoms with Crippen LogP contribution in [0.4, 0.5) is 0 Å². The molecule has 0 aromatic heterocycles. The fourth-order valence-corrected chi connectivity index (χ4v) is 0.874. The summed E-state index contributed by atoms with van der Waals surface area (Å²) in [5, 5.41) is 9.04. The summed E-state index contributed by atoms with van der Waals surface area (Å²) in [6.45, 7) is 1.89. The highest BCUT2D eigenvalue weighted by Crippen LogP contribution is 2.03.